The van der Waals surface area contributed by atoms with Gasteiger partial charge in [-0.05, 0) is 18.4 Å². The number of amidine groups is 1. The maximum absolute atomic E-state index is 5.82. The first-order valence-electron chi connectivity index (χ1n) is 6.69. The molecule has 3 aromatic rings. The summed E-state index contributed by atoms with van der Waals surface area (Å²) in [4.78, 5) is 4.45. The Kier molecular flexibility index (Phi) is 3.92. The van der Waals surface area contributed by atoms with Crippen LogP contribution in [0.4, 0.5) is 5.69 Å². The van der Waals surface area contributed by atoms with E-state index in [0.29, 0.717) is 5.17 Å². The van der Waals surface area contributed by atoms with Crippen molar-refractivity contribution in [1.82, 2.24) is 5.10 Å². The Labute approximate surface area is 127 Å². The average molecular weight is 297 g/mol. The van der Waals surface area contributed by atoms with Gasteiger partial charge in [-0.3, -0.25) is 0 Å². The molecule has 0 spiro atoms. The quantitative estimate of drug-likeness (QED) is 0.444. The highest BCUT2D eigenvalue weighted by Crippen LogP contribution is 2.24. The van der Waals surface area contributed by atoms with E-state index in [4.69, 9.17) is 5.73 Å². The first kappa shape index (κ1) is 13.7. The summed E-state index contributed by atoms with van der Waals surface area (Å²) in [5.74, 6) is 0. The fourth-order valence-electron chi connectivity index (χ4n) is 2.26. The number of aliphatic imine (C=N–C) groups is 1. The van der Waals surface area contributed by atoms with Crippen LogP contribution in [-0.4, -0.2) is 16.5 Å². The normalized spacial score (nSPS) is 12.0. The second kappa shape index (κ2) is 6.01. The summed E-state index contributed by atoms with van der Waals surface area (Å²) in [6.07, 6.45) is 4.00. The van der Waals surface area contributed by atoms with Gasteiger partial charge in [0.2, 0.25) is 6.20 Å². The maximum atomic E-state index is 5.82. The zero-order valence-electron chi connectivity index (χ0n) is 11.8. The molecular weight excluding hydrogens is 280 g/mol. The van der Waals surface area contributed by atoms with Crippen molar-refractivity contribution in [2.24, 2.45) is 10.7 Å². The van der Waals surface area contributed by atoms with E-state index < -0.39 is 0 Å². The summed E-state index contributed by atoms with van der Waals surface area (Å²) in [5, 5.41) is 5.02. The molecule has 2 aromatic carbocycles. The lowest BCUT2D eigenvalue weighted by molar-refractivity contribution is -0.740. The van der Waals surface area contributed by atoms with E-state index in [0.717, 1.165) is 23.1 Å². The molecule has 0 aliphatic rings. The molecule has 0 radical (unpaired) electrons. The number of nitrogens with two attached hydrogens (primary N) is 1. The van der Waals surface area contributed by atoms with Gasteiger partial charge < -0.3 is 5.73 Å². The highest BCUT2D eigenvalue weighted by atomic mass is 32.2. The van der Waals surface area contributed by atoms with Gasteiger partial charge in [-0.1, -0.05) is 48.2 Å². The summed E-state index contributed by atoms with van der Waals surface area (Å²) in [6.45, 7) is 0.802. The van der Waals surface area contributed by atoms with Crippen LogP contribution in [0.3, 0.4) is 0 Å². The largest absolute Gasteiger partial charge is 0.378 e. The van der Waals surface area contributed by atoms with Crippen LogP contribution < -0.4 is 10.4 Å². The molecule has 0 unspecified atom stereocenters. The summed E-state index contributed by atoms with van der Waals surface area (Å²) in [5.41, 5.74) is 9.02. The number of thioether (sulfide) groups is 1. The van der Waals surface area contributed by atoms with Crippen LogP contribution in [0.1, 0.15) is 5.56 Å². The molecule has 1 aromatic heterocycles. The van der Waals surface area contributed by atoms with Crippen molar-refractivity contribution in [3.8, 4) is 0 Å². The number of hydrogen-bond donors (Lipinski definition) is 2. The van der Waals surface area contributed by atoms with E-state index in [9.17, 15) is 0 Å². The standard InChI is InChI=1S/C16H16N4S/c1-21-16(17)18-14-8-5-9-15-13(14)11-20(19-15)10-12-6-3-2-4-7-12/h2-9,11H,10H2,1H3,(H2,17,18,19)/p+1. The Hall–Kier alpha value is -2.27. The molecule has 0 amide bonds. The Balaban J connectivity index is 1.98. The summed E-state index contributed by atoms with van der Waals surface area (Å²) < 4.78 is 2.06. The molecule has 0 saturated heterocycles. The Morgan fingerprint density at radius 1 is 1.19 bits per heavy atom. The minimum Gasteiger partial charge on any atom is -0.378 e. The lowest BCUT2D eigenvalue weighted by Gasteiger charge is -1.96. The van der Waals surface area contributed by atoms with Gasteiger partial charge in [0.25, 0.3) is 0 Å². The molecule has 21 heavy (non-hydrogen) atoms. The van der Waals surface area contributed by atoms with Crippen molar-refractivity contribution in [2.45, 2.75) is 6.54 Å². The Morgan fingerprint density at radius 3 is 2.76 bits per heavy atom. The number of nitrogens with one attached hydrogen (secondary N) is 1. The van der Waals surface area contributed by atoms with Crippen molar-refractivity contribution >= 4 is 33.5 Å². The molecule has 0 bridgehead atoms. The third kappa shape index (κ3) is 3.08. The lowest BCUT2D eigenvalue weighted by atomic mass is 10.2. The third-order valence-corrected chi connectivity index (χ3v) is 3.78. The molecule has 0 aliphatic heterocycles. The second-order valence-corrected chi connectivity index (χ2v) is 5.57. The van der Waals surface area contributed by atoms with Crippen molar-refractivity contribution in [1.29, 1.82) is 0 Å². The minimum atomic E-state index is 0.568. The highest BCUT2D eigenvalue weighted by molar-refractivity contribution is 8.13. The van der Waals surface area contributed by atoms with Crippen LogP contribution >= 0.6 is 11.8 Å². The topological polar surface area (TPSA) is 58.0 Å². The average Bonchev–Trinajstić information content (AvgIpc) is 2.91. The van der Waals surface area contributed by atoms with Crippen LogP contribution in [0.15, 0.2) is 59.7 Å². The van der Waals surface area contributed by atoms with E-state index in [2.05, 4.69) is 33.1 Å². The zero-order valence-corrected chi connectivity index (χ0v) is 12.6. The fourth-order valence-corrected chi connectivity index (χ4v) is 2.45. The van der Waals surface area contributed by atoms with Crippen molar-refractivity contribution < 1.29 is 4.68 Å². The van der Waals surface area contributed by atoms with Crippen molar-refractivity contribution in [3.05, 3.63) is 60.3 Å². The Bertz CT molecular complexity index is 777. The molecule has 1 heterocycles. The molecule has 0 atom stereocenters. The molecule has 0 fully saturated rings. The molecular formula is C16H17N4S+. The molecule has 3 N–H and O–H groups in total. The van der Waals surface area contributed by atoms with Gasteiger partial charge in [-0.15, -0.1) is 4.68 Å². The summed E-state index contributed by atoms with van der Waals surface area (Å²) >= 11 is 1.45. The summed E-state index contributed by atoms with van der Waals surface area (Å²) in [6, 6.07) is 16.4. The van der Waals surface area contributed by atoms with Gasteiger partial charge in [-0.2, -0.15) is 5.10 Å². The van der Waals surface area contributed by atoms with E-state index in [1.165, 1.54) is 17.3 Å². The van der Waals surface area contributed by atoms with Crippen molar-refractivity contribution in [3.63, 3.8) is 0 Å². The van der Waals surface area contributed by atoms with Crippen LogP contribution in [0.25, 0.3) is 10.9 Å². The molecule has 0 aliphatic carbocycles. The smallest absolute Gasteiger partial charge is 0.205 e. The minimum absolute atomic E-state index is 0.568. The van der Waals surface area contributed by atoms with Gasteiger partial charge in [0.15, 0.2) is 11.7 Å². The van der Waals surface area contributed by atoms with Crippen LogP contribution in [0.5, 0.6) is 0 Å². The van der Waals surface area contributed by atoms with E-state index in [-0.39, 0.29) is 0 Å². The van der Waals surface area contributed by atoms with Gasteiger partial charge in [0.1, 0.15) is 5.52 Å². The SMILES string of the molecule is CSC(N)=Nc1cccc2[nH][n+](Cc3ccccc3)cc12. The number of fused-ring (bicyclic) bond motifs is 1. The molecule has 106 valence electrons. The van der Waals surface area contributed by atoms with Gasteiger partial charge >= 0.3 is 0 Å². The monoisotopic (exact) mass is 297 g/mol. The number of H-pyrrole nitrogens is 1. The van der Waals surface area contributed by atoms with Gasteiger partial charge in [0.05, 0.1) is 11.1 Å². The van der Waals surface area contributed by atoms with Gasteiger partial charge in [0, 0.05) is 5.56 Å². The van der Waals surface area contributed by atoms with E-state index in [1.807, 2.05) is 42.7 Å². The number of rotatable bonds is 3. The molecule has 3 rings (SSSR count). The third-order valence-electron chi connectivity index (χ3n) is 3.27. The van der Waals surface area contributed by atoms with E-state index in [1.54, 1.807) is 0 Å². The Morgan fingerprint density at radius 2 is 2.00 bits per heavy atom. The first-order chi connectivity index (χ1) is 10.3. The van der Waals surface area contributed by atoms with Crippen LogP contribution in [0.2, 0.25) is 0 Å². The number of nitrogens with zero attached hydrogens (tertiary/aromatic N) is 2. The van der Waals surface area contributed by atoms with Gasteiger partial charge in [-0.25, -0.2) is 4.99 Å². The predicted molar refractivity (Wildman–Crippen MR) is 88.8 cm³/mol. The van der Waals surface area contributed by atoms with Crippen LogP contribution in [-0.2, 0) is 6.54 Å². The number of benzene rings is 2. The molecule has 5 heteroatoms. The number of hydrogen-bond acceptors (Lipinski definition) is 2. The highest BCUT2D eigenvalue weighted by Gasteiger charge is 2.11. The molecule has 0 saturated carbocycles. The molecule has 4 nitrogen and oxygen atoms in total. The van der Waals surface area contributed by atoms with Crippen LogP contribution in [0, 0.1) is 0 Å². The van der Waals surface area contributed by atoms with E-state index >= 15 is 0 Å². The maximum Gasteiger partial charge on any atom is 0.205 e. The number of aromatic amines is 1. The fraction of sp³-hybridized carbons (Fsp3) is 0.125. The predicted octanol–water partition coefficient (Wildman–Crippen LogP) is 2.81. The first-order valence-corrected chi connectivity index (χ1v) is 7.92. The zero-order chi connectivity index (χ0) is 14.7. The lowest BCUT2D eigenvalue weighted by Crippen LogP contribution is -2.35. The second-order valence-electron chi connectivity index (χ2n) is 4.75. The number of aromatic nitrogens is 2. The summed E-state index contributed by atoms with van der Waals surface area (Å²) in [7, 11) is 0. The van der Waals surface area contributed by atoms with Crippen molar-refractivity contribution in [2.75, 3.05) is 6.26 Å².